The molecule has 8 heteroatoms. The predicted molar refractivity (Wildman–Crippen MR) is 121 cm³/mol. The number of carbonyl (C=O) groups is 2. The van der Waals surface area contributed by atoms with Gasteiger partial charge in [-0.15, -0.1) is 11.3 Å². The Kier molecular flexibility index (Phi) is 6.20. The van der Waals surface area contributed by atoms with Crippen molar-refractivity contribution in [2.24, 2.45) is 0 Å². The van der Waals surface area contributed by atoms with Crippen LogP contribution in [-0.2, 0) is 9.53 Å². The molecule has 0 saturated carbocycles. The van der Waals surface area contributed by atoms with Crippen LogP contribution in [0.3, 0.4) is 0 Å². The molecule has 2 amide bonds. The SMILES string of the molecule is CC(=O)N1CCO[C@H](c2c(C(=O)Nc3ccccc3OC(C)C)sc3ncccc23)C1. The van der Waals surface area contributed by atoms with Gasteiger partial charge in [0, 0.05) is 30.6 Å². The van der Waals surface area contributed by atoms with Crippen LogP contribution in [0.1, 0.15) is 42.1 Å². The summed E-state index contributed by atoms with van der Waals surface area (Å²) >= 11 is 1.33. The highest BCUT2D eigenvalue weighted by molar-refractivity contribution is 7.20. The fourth-order valence-electron chi connectivity index (χ4n) is 3.66. The molecule has 1 aliphatic heterocycles. The number of para-hydroxylation sites is 2. The molecule has 7 nitrogen and oxygen atoms in total. The van der Waals surface area contributed by atoms with Gasteiger partial charge in [0.15, 0.2) is 0 Å². The molecule has 0 unspecified atom stereocenters. The van der Waals surface area contributed by atoms with Crippen LogP contribution in [0.15, 0.2) is 42.6 Å². The van der Waals surface area contributed by atoms with Gasteiger partial charge in [-0.25, -0.2) is 4.98 Å². The number of nitrogens with one attached hydrogen (secondary N) is 1. The summed E-state index contributed by atoms with van der Waals surface area (Å²) in [4.78, 5) is 32.8. The first kappa shape index (κ1) is 21.3. The van der Waals surface area contributed by atoms with Gasteiger partial charge in [0.05, 0.1) is 24.9 Å². The van der Waals surface area contributed by atoms with Crippen molar-refractivity contribution in [3.8, 4) is 5.75 Å². The van der Waals surface area contributed by atoms with E-state index in [0.29, 0.717) is 36.0 Å². The predicted octanol–water partition coefficient (Wildman–Crippen LogP) is 4.26. The van der Waals surface area contributed by atoms with Gasteiger partial charge in [-0.1, -0.05) is 18.2 Å². The molecule has 1 aromatic carbocycles. The van der Waals surface area contributed by atoms with E-state index in [1.54, 1.807) is 18.0 Å². The van der Waals surface area contributed by atoms with E-state index < -0.39 is 6.10 Å². The summed E-state index contributed by atoms with van der Waals surface area (Å²) in [5, 5.41) is 3.86. The van der Waals surface area contributed by atoms with Gasteiger partial charge in [0.2, 0.25) is 5.91 Å². The number of rotatable bonds is 5. The number of thiophene rings is 1. The van der Waals surface area contributed by atoms with Crippen molar-refractivity contribution in [1.29, 1.82) is 0 Å². The molecular formula is C23H25N3O4S. The number of fused-ring (bicyclic) bond motifs is 1. The van der Waals surface area contributed by atoms with Gasteiger partial charge >= 0.3 is 0 Å². The number of aromatic nitrogens is 1. The van der Waals surface area contributed by atoms with Crippen LogP contribution in [0.25, 0.3) is 10.2 Å². The van der Waals surface area contributed by atoms with Gasteiger partial charge in [-0.3, -0.25) is 9.59 Å². The molecule has 1 atom stereocenters. The lowest BCUT2D eigenvalue weighted by atomic mass is 10.0. The van der Waals surface area contributed by atoms with E-state index in [4.69, 9.17) is 9.47 Å². The second-order valence-corrected chi connectivity index (χ2v) is 8.64. The van der Waals surface area contributed by atoms with E-state index in [1.807, 2.05) is 50.2 Å². The van der Waals surface area contributed by atoms with E-state index in [9.17, 15) is 9.59 Å². The fraction of sp³-hybridized carbons (Fsp3) is 0.348. The quantitative estimate of drug-likeness (QED) is 0.643. The van der Waals surface area contributed by atoms with Crippen LogP contribution in [0.2, 0.25) is 0 Å². The number of amides is 2. The summed E-state index contributed by atoms with van der Waals surface area (Å²) in [5.74, 6) is 0.362. The van der Waals surface area contributed by atoms with Crippen molar-refractivity contribution in [1.82, 2.24) is 9.88 Å². The molecule has 162 valence electrons. The summed E-state index contributed by atoms with van der Waals surface area (Å²) < 4.78 is 11.8. The Bertz CT molecular complexity index is 1110. The van der Waals surface area contributed by atoms with E-state index in [-0.39, 0.29) is 17.9 Å². The van der Waals surface area contributed by atoms with Crippen molar-refractivity contribution in [3.63, 3.8) is 0 Å². The molecule has 31 heavy (non-hydrogen) atoms. The minimum absolute atomic E-state index is 0.00303. The Morgan fingerprint density at radius 1 is 1.26 bits per heavy atom. The zero-order chi connectivity index (χ0) is 22.0. The Labute approximate surface area is 185 Å². The molecule has 1 N–H and O–H groups in total. The summed E-state index contributed by atoms with van der Waals surface area (Å²) in [6, 6.07) is 11.2. The smallest absolute Gasteiger partial charge is 0.266 e. The number of nitrogens with zero attached hydrogens (tertiary/aromatic N) is 2. The topological polar surface area (TPSA) is 80.8 Å². The molecule has 0 bridgehead atoms. The molecular weight excluding hydrogens is 414 g/mol. The summed E-state index contributed by atoms with van der Waals surface area (Å²) in [7, 11) is 0. The minimum atomic E-state index is -0.390. The third-order valence-electron chi connectivity index (χ3n) is 5.04. The van der Waals surface area contributed by atoms with Gasteiger partial charge in [0.25, 0.3) is 5.91 Å². The van der Waals surface area contributed by atoms with E-state index >= 15 is 0 Å². The first-order valence-electron chi connectivity index (χ1n) is 10.3. The number of carbonyl (C=O) groups excluding carboxylic acids is 2. The van der Waals surface area contributed by atoms with Crippen molar-refractivity contribution in [2.75, 3.05) is 25.0 Å². The number of hydrogen-bond donors (Lipinski definition) is 1. The van der Waals surface area contributed by atoms with Crippen molar-refractivity contribution >= 4 is 39.1 Å². The lowest BCUT2D eigenvalue weighted by Gasteiger charge is -2.32. The maximum atomic E-state index is 13.4. The van der Waals surface area contributed by atoms with Crippen LogP contribution in [0, 0.1) is 0 Å². The lowest BCUT2D eigenvalue weighted by Crippen LogP contribution is -2.41. The van der Waals surface area contributed by atoms with E-state index in [1.165, 1.54) is 11.3 Å². The van der Waals surface area contributed by atoms with E-state index in [0.717, 1.165) is 15.8 Å². The largest absolute Gasteiger partial charge is 0.489 e. The fourth-order valence-corrected chi connectivity index (χ4v) is 4.74. The first-order valence-corrected chi connectivity index (χ1v) is 11.1. The number of hydrogen-bond acceptors (Lipinski definition) is 6. The summed E-state index contributed by atoms with van der Waals surface area (Å²) in [5.41, 5.74) is 1.38. The summed E-state index contributed by atoms with van der Waals surface area (Å²) in [6.45, 7) is 6.81. The molecule has 3 aromatic rings. The zero-order valence-corrected chi connectivity index (χ0v) is 18.6. The highest BCUT2D eigenvalue weighted by Crippen LogP contribution is 2.38. The van der Waals surface area contributed by atoms with Gasteiger partial charge in [-0.05, 0) is 32.0 Å². The third kappa shape index (κ3) is 4.55. The highest BCUT2D eigenvalue weighted by atomic mass is 32.1. The molecule has 4 rings (SSSR count). The Morgan fingerprint density at radius 3 is 2.84 bits per heavy atom. The van der Waals surface area contributed by atoms with Crippen molar-refractivity contribution in [2.45, 2.75) is 33.0 Å². The van der Waals surface area contributed by atoms with E-state index in [2.05, 4.69) is 10.3 Å². The second kappa shape index (κ2) is 9.03. The molecule has 0 radical (unpaired) electrons. The minimum Gasteiger partial charge on any atom is -0.489 e. The Morgan fingerprint density at radius 2 is 2.06 bits per heavy atom. The molecule has 3 heterocycles. The highest BCUT2D eigenvalue weighted by Gasteiger charge is 2.31. The van der Waals surface area contributed by atoms with Crippen LogP contribution in [0.4, 0.5) is 5.69 Å². The average Bonchev–Trinajstić information content (AvgIpc) is 3.14. The molecule has 0 aliphatic carbocycles. The van der Waals surface area contributed by atoms with Crippen LogP contribution < -0.4 is 10.1 Å². The number of anilines is 1. The Hall–Kier alpha value is -2.97. The monoisotopic (exact) mass is 439 g/mol. The van der Waals surface area contributed by atoms with Crippen LogP contribution in [-0.4, -0.2) is 47.5 Å². The maximum absolute atomic E-state index is 13.4. The van der Waals surface area contributed by atoms with Crippen molar-refractivity contribution in [3.05, 3.63) is 53.0 Å². The normalized spacial score (nSPS) is 16.5. The molecule has 1 aliphatic rings. The van der Waals surface area contributed by atoms with Crippen LogP contribution in [0.5, 0.6) is 5.75 Å². The summed E-state index contributed by atoms with van der Waals surface area (Å²) in [6.07, 6.45) is 1.30. The number of benzene rings is 1. The first-order chi connectivity index (χ1) is 14.9. The second-order valence-electron chi connectivity index (χ2n) is 7.64. The molecule has 1 fully saturated rings. The zero-order valence-electron chi connectivity index (χ0n) is 17.8. The Balaban J connectivity index is 1.70. The molecule has 0 spiro atoms. The number of pyridine rings is 1. The molecule has 2 aromatic heterocycles. The lowest BCUT2D eigenvalue weighted by molar-refractivity contribution is -0.136. The standard InChI is InChI=1S/C23H25N3O4S/c1-14(2)30-18-9-5-4-8-17(18)25-22(28)21-20(16-7-6-10-24-23(16)31-21)19-13-26(15(3)27)11-12-29-19/h4-10,14,19H,11-13H2,1-3H3,(H,25,28)/t19-/m0/s1. The third-order valence-corrected chi connectivity index (χ3v) is 6.17. The van der Waals surface area contributed by atoms with Gasteiger partial charge < -0.3 is 19.7 Å². The van der Waals surface area contributed by atoms with Crippen LogP contribution >= 0.6 is 11.3 Å². The average molecular weight is 440 g/mol. The van der Waals surface area contributed by atoms with Crippen molar-refractivity contribution < 1.29 is 19.1 Å². The number of morpholine rings is 1. The molecule has 1 saturated heterocycles. The van der Waals surface area contributed by atoms with Gasteiger partial charge in [0.1, 0.15) is 21.6 Å². The number of ether oxygens (including phenoxy) is 2. The van der Waals surface area contributed by atoms with Gasteiger partial charge in [-0.2, -0.15) is 0 Å². The maximum Gasteiger partial charge on any atom is 0.266 e.